The number of benzene rings is 1. The van der Waals surface area contributed by atoms with E-state index >= 15 is 0 Å². The van der Waals surface area contributed by atoms with Crippen LogP contribution in [0, 0.1) is 5.82 Å². The standard InChI is InChI=1S/C16H20FNO/c1-6-15(19)11-9-18(5)14-8-13(17)12(7-10(11)14)16(2,3)4/h7-9H,6H2,1-5H3. The lowest BCUT2D eigenvalue weighted by atomic mass is 9.85. The molecule has 2 aromatic rings. The topological polar surface area (TPSA) is 22.0 Å². The molecular weight excluding hydrogens is 241 g/mol. The Hall–Kier alpha value is -1.64. The average molecular weight is 261 g/mol. The van der Waals surface area contributed by atoms with E-state index in [1.165, 1.54) is 6.07 Å². The van der Waals surface area contributed by atoms with E-state index in [2.05, 4.69) is 0 Å². The Kier molecular flexibility index (Phi) is 3.25. The predicted molar refractivity (Wildman–Crippen MR) is 76.2 cm³/mol. The third-order valence-corrected chi connectivity index (χ3v) is 3.51. The fraction of sp³-hybridized carbons (Fsp3) is 0.438. The van der Waals surface area contributed by atoms with Gasteiger partial charge in [0.1, 0.15) is 5.82 Å². The molecule has 0 radical (unpaired) electrons. The number of nitrogens with zero attached hydrogens (tertiary/aromatic N) is 1. The fourth-order valence-electron chi connectivity index (χ4n) is 2.39. The predicted octanol–water partition coefficient (Wildman–Crippen LogP) is 4.21. The van der Waals surface area contributed by atoms with Crippen molar-refractivity contribution in [2.45, 2.75) is 39.5 Å². The second-order valence-electron chi connectivity index (χ2n) is 6.03. The summed E-state index contributed by atoms with van der Waals surface area (Å²) in [6, 6.07) is 3.36. The zero-order chi connectivity index (χ0) is 14.4. The highest BCUT2D eigenvalue weighted by Crippen LogP contribution is 2.31. The molecule has 0 unspecified atom stereocenters. The van der Waals surface area contributed by atoms with Crippen molar-refractivity contribution in [2.75, 3.05) is 0 Å². The maximum absolute atomic E-state index is 14.2. The van der Waals surface area contributed by atoms with Crippen LogP contribution in [0.2, 0.25) is 0 Å². The third-order valence-electron chi connectivity index (χ3n) is 3.51. The number of fused-ring (bicyclic) bond motifs is 1. The summed E-state index contributed by atoms with van der Waals surface area (Å²) < 4.78 is 16.0. The molecule has 102 valence electrons. The van der Waals surface area contributed by atoms with Gasteiger partial charge in [0.05, 0.1) is 5.52 Å². The summed E-state index contributed by atoms with van der Waals surface area (Å²) in [7, 11) is 1.84. The number of carbonyl (C=O) groups is 1. The first-order valence-electron chi connectivity index (χ1n) is 6.58. The largest absolute Gasteiger partial charge is 0.350 e. The van der Waals surface area contributed by atoms with E-state index in [1.807, 2.05) is 45.4 Å². The van der Waals surface area contributed by atoms with Gasteiger partial charge in [-0.05, 0) is 23.1 Å². The Morgan fingerprint density at radius 2 is 1.95 bits per heavy atom. The van der Waals surface area contributed by atoms with Crippen LogP contribution in [0.4, 0.5) is 4.39 Å². The number of hydrogen-bond acceptors (Lipinski definition) is 1. The maximum Gasteiger partial charge on any atom is 0.164 e. The second-order valence-corrected chi connectivity index (χ2v) is 6.03. The number of carbonyl (C=O) groups excluding carboxylic acids is 1. The molecule has 0 N–H and O–H groups in total. The van der Waals surface area contributed by atoms with Gasteiger partial charge >= 0.3 is 0 Å². The average Bonchev–Trinajstić information content (AvgIpc) is 2.63. The molecule has 0 spiro atoms. The molecule has 1 heterocycles. The van der Waals surface area contributed by atoms with Crippen molar-refractivity contribution >= 4 is 16.7 Å². The Morgan fingerprint density at radius 1 is 1.32 bits per heavy atom. The molecule has 0 aliphatic carbocycles. The SMILES string of the molecule is CCC(=O)c1cn(C)c2cc(F)c(C(C)(C)C)cc12. The number of aromatic nitrogens is 1. The minimum Gasteiger partial charge on any atom is -0.350 e. The second kappa shape index (κ2) is 4.48. The number of hydrogen-bond donors (Lipinski definition) is 0. The lowest BCUT2D eigenvalue weighted by molar-refractivity contribution is 0.0989. The summed E-state index contributed by atoms with van der Waals surface area (Å²) in [5.41, 5.74) is 1.82. The molecule has 2 nitrogen and oxygen atoms in total. The summed E-state index contributed by atoms with van der Waals surface area (Å²) >= 11 is 0. The smallest absolute Gasteiger partial charge is 0.164 e. The van der Waals surface area contributed by atoms with E-state index in [0.717, 1.165) is 10.9 Å². The van der Waals surface area contributed by atoms with E-state index in [1.54, 1.807) is 6.20 Å². The Balaban J connectivity index is 2.79. The minimum atomic E-state index is -0.277. The Bertz CT molecular complexity index is 647. The lowest BCUT2D eigenvalue weighted by Gasteiger charge is -2.20. The van der Waals surface area contributed by atoms with Crippen molar-refractivity contribution in [1.29, 1.82) is 0 Å². The summed E-state index contributed by atoms with van der Waals surface area (Å²) in [5, 5.41) is 0.848. The minimum absolute atomic E-state index is 0.0945. The molecule has 1 aromatic carbocycles. The molecule has 0 fully saturated rings. The Morgan fingerprint density at radius 3 is 2.47 bits per heavy atom. The van der Waals surface area contributed by atoms with Crippen LogP contribution in [-0.4, -0.2) is 10.4 Å². The van der Waals surface area contributed by atoms with Gasteiger partial charge in [0.25, 0.3) is 0 Å². The zero-order valence-corrected chi connectivity index (χ0v) is 12.2. The first-order valence-corrected chi connectivity index (χ1v) is 6.58. The van der Waals surface area contributed by atoms with E-state index in [-0.39, 0.29) is 17.0 Å². The summed E-state index contributed by atoms with van der Waals surface area (Å²) in [6.07, 6.45) is 2.25. The van der Waals surface area contributed by atoms with Gasteiger partial charge in [0, 0.05) is 30.6 Å². The molecule has 0 saturated heterocycles. The number of rotatable bonds is 2. The quantitative estimate of drug-likeness (QED) is 0.742. The van der Waals surface area contributed by atoms with E-state index in [9.17, 15) is 9.18 Å². The molecule has 19 heavy (non-hydrogen) atoms. The third kappa shape index (κ3) is 2.29. The molecule has 0 saturated carbocycles. The number of ketones is 1. The molecule has 2 rings (SSSR count). The Labute approximate surface area is 113 Å². The highest BCUT2D eigenvalue weighted by Gasteiger charge is 2.22. The summed E-state index contributed by atoms with van der Waals surface area (Å²) in [6.45, 7) is 7.76. The molecule has 0 aliphatic rings. The summed E-state index contributed by atoms with van der Waals surface area (Å²) in [4.78, 5) is 12.0. The van der Waals surface area contributed by atoms with Crippen molar-refractivity contribution in [1.82, 2.24) is 4.57 Å². The van der Waals surface area contributed by atoms with Crippen LogP contribution in [0.15, 0.2) is 18.3 Å². The molecule has 0 atom stereocenters. The van der Waals surface area contributed by atoms with Crippen molar-refractivity contribution in [3.63, 3.8) is 0 Å². The van der Waals surface area contributed by atoms with Gasteiger partial charge in [-0.15, -0.1) is 0 Å². The van der Waals surface area contributed by atoms with Gasteiger partial charge in [0.15, 0.2) is 5.78 Å². The molecule has 0 amide bonds. The van der Waals surface area contributed by atoms with Crippen molar-refractivity contribution < 1.29 is 9.18 Å². The van der Waals surface area contributed by atoms with Gasteiger partial charge in [0.2, 0.25) is 0 Å². The number of Topliss-reactive ketones (excluding diaryl/α,β-unsaturated/α-hetero) is 1. The normalized spacial score (nSPS) is 12.1. The highest BCUT2D eigenvalue weighted by molar-refractivity contribution is 6.08. The molecule has 3 heteroatoms. The maximum atomic E-state index is 14.2. The van der Waals surface area contributed by atoms with Gasteiger partial charge in [-0.1, -0.05) is 27.7 Å². The van der Waals surface area contributed by atoms with Gasteiger partial charge in [-0.2, -0.15) is 0 Å². The summed E-state index contributed by atoms with van der Waals surface area (Å²) in [5.74, 6) is -0.117. The van der Waals surface area contributed by atoms with Crippen LogP contribution in [-0.2, 0) is 12.5 Å². The molecule has 0 bridgehead atoms. The van der Waals surface area contributed by atoms with Crippen LogP contribution in [0.5, 0.6) is 0 Å². The van der Waals surface area contributed by atoms with Crippen molar-refractivity contribution in [3.8, 4) is 0 Å². The van der Waals surface area contributed by atoms with Gasteiger partial charge < -0.3 is 4.57 Å². The van der Waals surface area contributed by atoms with Crippen LogP contribution in [0.3, 0.4) is 0 Å². The molecular formula is C16H20FNO. The van der Waals surface area contributed by atoms with Crippen LogP contribution >= 0.6 is 0 Å². The lowest BCUT2D eigenvalue weighted by Crippen LogP contribution is -2.13. The zero-order valence-electron chi connectivity index (χ0n) is 12.2. The first kappa shape index (κ1) is 13.8. The fourth-order valence-corrected chi connectivity index (χ4v) is 2.39. The van der Waals surface area contributed by atoms with Crippen LogP contribution < -0.4 is 0 Å². The van der Waals surface area contributed by atoms with Crippen LogP contribution in [0.1, 0.15) is 50.0 Å². The van der Waals surface area contributed by atoms with Crippen LogP contribution in [0.25, 0.3) is 10.9 Å². The van der Waals surface area contributed by atoms with E-state index in [4.69, 9.17) is 0 Å². The van der Waals surface area contributed by atoms with Crippen molar-refractivity contribution in [3.05, 3.63) is 35.3 Å². The molecule has 0 aliphatic heterocycles. The van der Waals surface area contributed by atoms with Gasteiger partial charge in [-0.3, -0.25) is 4.79 Å². The highest BCUT2D eigenvalue weighted by atomic mass is 19.1. The number of aryl methyl sites for hydroxylation is 1. The first-order chi connectivity index (χ1) is 8.75. The van der Waals surface area contributed by atoms with E-state index in [0.29, 0.717) is 17.5 Å². The number of halogens is 1. The van der Waals surface area contributed by atoms with Crippen molar-refractivity contribution in [2.24, 2.45) is 7.05 Å². The van der Waals surface area contributed by atoms with E-state index < -0.39 is 0 Å². The van der Waals surface area contributed by atoms with Gasteiger partial charge in [-0.25, -0.2) is 4.39 Å². The monoisotopic (exact) mass is 261 g/mol. The molecule has 1 aromatic heterocycles.